The van der Waals surface area contributed by atoms with Crippen LogP contribution < -0.4 is 4.90 Å². The van der Waals surface area contributed by atoms with Gasteiger partial charge in [-0.2, -0.15) is 10.5 Å². The molecule has 1 aliphatic heterocycles. The van der Waals surface area contributed by atoms with Gasteiger partial charge in [0.2, 0.25) is 0 Å². The topological polar surface area (TPSA) is 89.9 Å². The summed E-state index contributed by atoms with van der Waals surface area (Å²) in [5.41, 5.74) is 11.2. The lowest BCUT2D eigenvalue weighted by Crippen LogP contribution is -2.31. The van der Waals surface area contributed by atoms with Crippen LogP contribution in [0.1, 0.15) is 48.5 Å². The quantitative estimate of drug-likeness (QED) is 0.181. The van der Waals surface area contributed by atoms with Crippen LogP contribution in [0.2, 0.25) is 0 Å². The molecule has 0 radical (unpaired) electrons. The highest BCUT2D eigenvalue weighted by atomic mass is 16.2. The summed E-state index contributed by atoms with van der Waals surface area (Å²) in [5, 5.41) is 21.1. The fourth-order valence-corrected chi connectivity index (χ4v) is 7.36. The molecule has 8 rings (SSSR count). The fraction of sp³-hybridized carbons (Fsp3) is 0.0698. The van der Waals surface area contributed by atoms with E-state index in [2.05, 4.69) is 41.0 Å². The van der Waals surface area contributed by atoms with Crippen molar-refractivity contribution in [2.75, 3.05) is 4.90 Å². The Morgan fingerprint density at radius 2 is 1.06 bits per heavy atom. The van der Waals surface area contributed by atoms with E-state index in [1.165, 1.54) is 4.90 Å². The second kappa shape index (κ2) is 11.2. The zero-order valence-corrected chi connectivity index (χ0v) is 27.1. The van der Waals surface area contributed by atoms with Gasteiger partial charge in [-0.15, -0.1) is 0 Å². The SMILES string of the molecule is Cc1cc(C)c(N2C(=O)c3cccc(-n4c5cc(-c6cccc(C#N)c6)ccc5c5ccc(-c6cccc(C#N)c6)cc54)c3C2=O)c(C)c1. The van der Waals surface area contributed by atoms with Crippen LogP contribution in [0.5, 0.6) is 0 Å². The zero-order chi connectivity index (χ0) is 34.0. The molecule has 2 heterocycles. The van der Waals surface area contributed by atoms with Gasteiger partial charge in [-0.25, -0.2) is 4.90 Å². The minimum absolute atomic E-state index is 0.347. The summed E-state index contributed by atoms with van der Waals surface area (Å²) < 4.78 is 2.07. The van der Waals surface area contributed by atoms with Gasteiger partial charge in [0.05, 0.1) is 56.8 Å². The third-order valence-electron chi connectivity index (χ3n) is 9.41. The van der Waals surface area contributed by atoms with Gasteiger partial charge in [0.15, 0.2) is 0 Å². The van der Waals surface area contributed by atoms with Crippen molar-refractivity contribution in [1.82, 2.24) is 4.57 Å². The lowest BCUT2D eigenvalue weighted by atomic mass is 10.0. The standard InChI is InChI=1S/C43H28N4O2/c1-25-17-26(2)41(27(3)18-25)47-42(48)36-11-6-12-37(40(36)43(47)49)46-38-21-32(30-9-4-7-28(19-30)23-44)13-15-34(38)35-16-14-33(22-39(35)46)31-10-5-8-29(20-31)24-45/h4-22H,1-3H3. The summed E-state index contributed by atoms with van der Waals surface area (Å²) in [6.45, 7) is 5.86. The van der Waals surface area contributed by atoms with Gasteiger partial charge >= 0.3 is 0 Å². The van der Waals surface area contributed by atoms with Gasteiger partial charge in [0.25, 0.3) is 11.8 Å². The number of anilines is 1. The van der Waals surface area contributed by atoms with Crippen LogP contribution in [0, 0.1) is 43.4 Å². The maximum Gasteiger partial charge on any atom is 0.268 e. The van der Waals surface area contributed by atoms with E-state index < -0.39 is 0 Å². The Morgan fingerprint density at radius 3 is 1.59 bits per heavy atom. The number of rotatable bonds is 4. The van der Waals surface area contributed by atoms with E-state index in [-0.39, 0.29) is 11.8 Å². The number of imide groups is 1. The van der Waals surface area contributed by atoms with E-state index in [1.54, 1.807) is 18.2 Å². The molecule has 6 aromatic carbocycles. The molecule has 1 aromatic heterocycles. The van der Waals surface area contributed by atoms with Gasteiger partial charge in [0, 0.05) is 10.8 Å². The molecule has 0 atom stereocenters. The van der Waals surface area contributed by atoms with Crippen LogP contribution >= 0.6 is 0 Å². The predicted octanol–water partition coefficient (Wildman–Crippen LogP) is 9.59. The van der Waals surface area contributed by atoms with E-state index in [9.17, 15) is 20.1 Å². The average molecular weight is 633 g/mol. The summed E-state index contributed by atoms with van der Waals surface area (Å²) in [4.78, 5) is 29.9. The Balaban J connectivity index is 1.42. The smallest absolute Gasteiger partial charge is 0.268 e. The first kappa shape index (κ1) is 29.6. The van der Waals surface area contributed by atoms with Crippen LogP contribution in [0.3, 0.4) is 0 Å². The van der Waals surface area contributed by atoms with Crippen molar-refractivity contribution in [3.8, 4) is 40.1 Å². The molecular weight excluding hydrogens is 604 g/mol. The molecule has 0 N–H and O–H groups in total. The fourth-order valence-electron chi connectivity index (χ4n) is 7.36. The van der Waals surface area contributed by atoms with Crippen molar-refractivity contribution in [3.63, 3.8) is 0 Å². The second-order valence-electron chi connectivity index (χ2n) is 12.6. The number of aromatic nitrogens is 1. The molecule has 0 bridgehead atoms. The third-order valence-corrected chi connectivity index (χ3v) is 9.41. The second-order valence-corrected chi connectivity index (χ2v) is 12.6. The molecule has 0 spiro atoms. The van der Waals surface area contributed by atoms with Gasteiger partial charge in [-0.3, -0.25) is 9.59 Å². The Labute approximate surface area is 283 Å². The third kappa shape index (κ3) is 4.62. The summed E-state index contributed by atoms with van der Waals surface area (Å²) in [6.07, 6.45) is 0. The van der Waals surface area contributed by atoms with Crippen LogP contribution in [-0.4, -0.2) is 16.4 Å². The minimum Gasteiger partial charge on any atom is -0.308 e. The van der Waals surface area contributed by atoms with Gasteiger partial charge in [-0.05, 0) is 103 Å². The number of nitrogens with zero attached hydrogens (tertiary/aromatic N) is 4. The van der Waals surface area contributed by atoms with Gasteiger partial charge in [-0.1, -0.05) is 72.3 Å². The normalized spacial score (nSPS) is 12.4. The maximum atomic E-state index is 14.5. The number of nitriles is 2. The molecule has 6 nitrogen and oxygen atoms in total. The summed E-state index contributed by atoms with van der Waals surface area (Å²) in [6, 6.07) is 41.2. The van der Waals surface area contributed by atoms with Crippen molar-refractivity contribution in [1.29, 1.82) is 10.5 Å². The largest absolute Gasteiger partial charge is 0.308 e. The molecule has 6 heteroatoms. The van der Waals surface area contributed by atoms with Crippen molar-refractivity contribution in [2.24, 2.45) is 0 Å². The lowest BCUT2D eigenvalue weighted by molar-refractivity contribution is 0.0925. The van der Waals surface area contributed by atoms with Gasteiger partial charge < -0.3 is 4.57 Å². The van der Waals surface area contributed by atoms with Crippen molar-refractivity contribution < 1.29 is 9.59 Å². The summed E-state index contributed by atoms with van der Waals surface area (Å²) in [7, 11) is 0. The summed E-state index contributed by atoms with van der Waals surface area (Å²) >= 11 is 0. The molecule has 1 aliphatic rings. The highest BCUT2D eigenvalue weighted by Crippen LogP contribution is 2.41. The molecule has 2 amide bonds. The lowest BCUT2D eigenvalue weighted by Gasteiger charge is -2.20. The zero-order valence-electron chi connectivity index (χ0n) is 27.1. The van der Waals surface area contributed by atoms with E-state index in [1.807, 2.05) is 93.6 Å². The van der Waals surface area contributed by atoms with Crippen molar-refractivity contribution in [3.05, 3.63) is 154 Å². The van der Waals surface area contributed by atoms with Crippen LogP contribution in [0.4, 0.5) is 5.69 Å². The van der Waals surface area contributed by atoms with Crippen LogP contribution in [0.15, 0.2) is 115 Å². The van der Waals surface area contributed by atoms with E-state index in [4.69, 9.17) is 0 Å². The summed E-state index contributed by atoms with van der Waals surface area (Å²) in [5.74, 6) is -0.711. The first-order valence-electron chi connectivity index (χ1n) is 16.0. The number of hydrogen-bond acceptors (Lipinski definition) is 4. The monoisotopic (exact) mass is 632 g/mol. The minimum atomic E-state index is -0.364. The predicted molar refractivity (Wildman–Crippen MR) is 193 cm³/mol. The molecule has 0 unspecified atom stereocenters. The number of fused-ring (bicyclic) bond motifs is 4. The highest BCUT2D eigenvalue weighted by molar-refractivity contribution is 6.36. The first-order chi connectivity index (χ1) is 23.8. The Kier molecular flexibility index (Phi) is 6.77. The first-order valence-corrected chi connectivity index (χ1v) is 16.0. The van der Waals surface area contributed by atoms with E-state index in [0.29, 0.717) is 33.6 Å². The Hall–Kier alpha value is -6.76. The Bertz CT molecular complexity index is 2530. The molecule has 0 fully saturated rings. The number of carbonyl (C=O) groups excluding carboxylic acids is 2. The van der Waals surface area contributed by atoms with Crippen LogP contribution in [-0.2, 0) is 0 Å². The van der Waals surface area contributed by atoms with E-state index in [0.717, 1.165) is 60.8 Å². The Morgan fingerprint density at radius 1 is 0.551 bits per heavy atom. The van der Waals surface area contributed by atoms with E-state index >= 15 is 0 Å². The number of amides is 2. The number of hydrogen-bond donors (Lipinski definition) is 0. The molecule has 0 aliphatic carbocycles. The molecule has 0 saturated heterocycles. The average Bonchev–Trinajstić information content (AvgIpc) is 3.57. The number of benzene rings is 6. The number of carbonyl (C=O) groups is 2. The molecule has 0 saturated carbocycles. The molecule has 232 valence electrons. The van der Waals surface area contributed by atoms with Crippen molar-refractivity contribution in [2.45, 2.75) is 20.8 Å². The molecular formula is C43H28N4O2. The van der Waals surface area contributed by atoms with Crippen LogP contribution in [0.25, 0.3) is 49.7 Å². The van der Waals surface area contributed by atoms with Crippen molar-refractivity contribution >= 4 is 39.3 Å². The van der Waals surface area contributed by atoms with Gasteiger partial charge in [0.1, 0.15) is 0 Å². The maximum absolute atomic E-state index is 14.5. The molecule has 7 aromatic rings. The number of aryl methyl sites for hydroxylation is 3. The molecule has 49 heavy (non-hydrogen) atoms. The highest BCUT2D eigenvalue weighted by Gasteiger charge is 2.40.